The smallest absolute Gasteiger partial charge is 0.341 e. The maximum atomic E-state index is 13.3. The molecule has 2 aromatic carbocycles. The second-order valence-electron chi connectivity index (χ2n) is 5.06. The number of amides is 1. The Morgan fingerprint density at radius 2 is 1.85 bits per heavy atom. The zero-order valence-corrected chi connectivity index (χ0v) is 14.7. The summed E-state index contributed by atoms with van der Waals surface area (Å²) in [4.78, 5) is 34.0. The normalized spacial score (nSPS) is 11.5. The van der Waals surface area contributed by atoms with Crippen molar-refractivity contribution in [2.45, 2.75) is 13.0 Å². The van der Waals surface area contributed by atoms with E-state index in [1.54, 1.807) is 6.07 Å². The predicted octanol–water partition coefficient (Wildman–Crippen LogP) is 4.22. The molecule has 1 N–H and O–H groups in total. The molecule has 0 aromatic heterocycles. The van der Waals surface area contributed by atoms with Crippen LogP contribution < -0.4 is 5.32 Å². The van der Waals surface area contributed by atoms with Gasteiger partial charge in [-0.2, -0.15) is 4.39 Å². The third-order valence-electron chi connectivity index (χ3n) is 3.23. The minimum absolute atomic E-state index is 0.0261. The summed E-state index contributed by atoms with van der Waals surface area (Å²) in [6, 6.07) is 7.25. The van der Waals surface area contributed by atoms with E-state index in [4.69, 9.17) is 27.9 Å². The highest BCUT2D eigenvalue weighted by Crippen LogP contribution is 2.26. The van der Waals surface area contributed by atoms with Crippen molar-refractivity contribution in [3.8, 4) is 0 Å². The maximum Gasteiger partial charge on any atom is 0.341 e. The molecular formula is C16H11Cl2FN2O5. The van der Waals surface area contributed by atoms with Crippen LogP contribution in [0.3, 0.4) is 0 Å². The highest BCUT2D eigenvalue weighted by molar-refractivity contribution is 6.39. The molecule has 0 bridgehead atoms. The van der Waals surface area contributed by atoms with Gasteiger partial charge in [0.2, 0.25) is 5.82 Å². The number of nitro benzene ring substituents is 1. The van der Waals surface area contributed by atoms with E-state index in [-0.39, 0.29) is 21.3 Å². The van der Waals surface area contributed by atoms with Gasteiger partial charge in [0, 0.05) is 11.8 Å². The quantitative estimate of drug-likeness (QED) is 0.460. The van der Waals surface area contributed by atoms with Crippen molar-refractivity contribution in [1.29, 1.82) is 0 Å². The summed E-state index contributed by atoms with van der Waals surface area (Å²) in [7, 11) is 0. The zero-order valence-electron chi connectivity index (χ0n) is 13.2. The first-order valence-electron chi connectivity index (χ1n) is 7.10. The maximum absolute atomic E-state index is 13.3. The number of carbonyl (C=O) groups is 2. The summed E-state index contributed by atoms with van der Waals surface area (Å²) in [5, 5.41) is 13.1. The van der Waals surface area contributed by atoms with Crippen molar-refractivity contribution in [2.24, 2.45) is 0 Å². The number of hydrogen-bond donors (Lipinski definition) is 1. The van der Waals surface area contributed by atoms with Crippen molar-refractivity contribution >= 4 is 46.5 Å². The fourth-order valence-corrected chi connectivity index (χ4v) is 2.49. The lowest BCUT2D eigenvalue weighted by Crippen LogP contribution is -2.30. The summed E-state index contributed by atoms with van der Waals surface area (Å²) < 4.78 is 18.3. The number of nitrogens with zero attached hydrogens (tertiary/aromatic N) is 1. The molecule has 0 saturated carbocycles. The lowest BCUT2D eigenvalue weighted by Gasteiger charge is -2.14. The summed E-state index contributed by atoms with van der Waals surface area (Å²) in [5.74, 6) is -2.73. The second-order valence-corrected chi connectivity index (χ2v) is 5.87. The number of ether oxygens (including phenoxy) is 1. The number of carbonyl (C=O) groups excluding carboxylic acids is 2. The molecule has 0 aliphatic carbocycles. The fraction of sp³-hybridized carbons (Fsp3) is 0.125. The van der Waals surface area contributed by atoms with Gasteiger partial charge in [-0.05, 0) is 31.2 Å². The Hall–Kier alpha value is -2.71. The van der Waals surface area contributed by atoms with Crippen LogP contribution in [0.25, 0.3) is 0 Å². The molecular weight excluding hydrogens is 390 g/mol. The van der Waals surface area contributed by atoms with Gasteiger partial charge in [0.05, 0.1) is 20.5 Å². The van der Waals surface area contributed by atoms with Gasteiger partial charge in [-0.25, -0.2) is 4.79 Å². The summed E-state index contributed by atoms with van der Waals surface area (Å²) in [6.07, 6.45) is -1.26. The van der Waals surface area contributed by atoms with Crippen LogP contribution in [0, 0.1) is 15.9 Å². The van der Waals surface area contributed by atoms with Gasteiger partial charge in [0.1, 0.15) is 0 Å². The molecule has 7 nitrogen and oxygen atoms in total. The first-order chi connectivity index (χ1) is 12.2. The van der Waals surface area contributed by atoms with E-state index in [9.17, 15) is 24.1 Å². The average Bonchev–Trinajstić information content (AvgIpc) is 2.56. The molecule has 0 spiro atoms. The first kappa shape index (κ1) is 19.6. The van der Waals surface area contributed by atoms with E-state index >= 15 is 0 Å². The Balaban J connectivity index is 2.10. The first-order valence-corrected chi connectivity index (χ1v) is 7.86. The Kier molecular flexibility index (Phi) is 6.12. The van der Waals surface area contributed by atoms with Crippen molar-refractivity contribution in [3.05, 3.63) is 67.9 Å². The summed E-state index contributed by atoms with van der Waals surface area (Å²) in [6.45, 7) is 1.29. The minimum atomic E-state index is -1.26. The third kappa shape index (κ3) is 4.47. The molecule has 0 aliphatic heterocycles. The van der Waals surface area contributed by atoms with E-state index in [1.165, 1.54) is 19.1 Å². The van der Waals surface area contributed by atoms with Crippen molar-refractivity contribution in [2.75, 3.05) is 5.32 Å². The molecule has 10 heteroatoms. The van der Waals surface area contributed by atoms with Gasteiger partial charge in [0.25, 0.3) is 5.91 Å². The number of nitrogens with one attached hydrogen (secondary N) is 1. The molecule has 26 heavy (non-hydrogen) atoms. The van der Waals surface area contributed by atoms with E-state index in [0.29, 0.717) is 0 Å². The molecule has 1 atom stereocenters. The average molecular weight is 401 g/mol. The van der Waals surface area contributed by atoms with E-state index in [2.05, 4.69) is 5.32 Å². The molecule has 136 valence electrons. The van der Waals surface area contributed by atoms with Gasteiger partial charge < -0.3 is 10.1 Å². The number of rotatable bonds is 5. The molecule has 2 rings (SSSR count). The van der Waals surface area contributed by atoms with Crippen LogP contribution >= 0.6 is 23.2 Å². The number of anilines is 1. The highest BCUT2D eigenvalue weighted by atomic mass is 35.5. The second kappa shape index (κ2) is 8.11. The number of benzene rings is 2. The molecule has 0 aliphatic rings. The van der Waals surface area contributed by atoms with Crippen molar-refractivity contribution in [3.63, 3.8) is 0 Å². The predicted molar refractivity (Wildman–Crippen MR) is 93.0 cm³/mol. The number of nitro groups is 1. The number of hydrogen-bond acceptors (Lipinski definition) is 5. The Bertz CT molecular complexity index is 871. The molecule has 2 aromatic rings. The van der Waals surface area contributed by atoms with Crippen molar-refractivity contribution in [1.82, 2.24) is 0 Å². The Morgan fingerprint density at radius 1 is 1.23 bits per heavy atom. The molecule has 0 saturated heterocycles. The molecule has 0 radical (unpaired) electrons. The van der Waals surface area contributed by atoms with Crippen LogP contribution in [-0.4, -0.2) is 22.9 Å². The van der Waals surface area contributed by atoms with Crippen LogP contribution in [0.2, 0.25) is 10.0 Å². The van der Waals surface area contributed by atoms with Crippen molar-refractivity contribution < 1.29 is 23.6 Å². The fourth-order valence-electron chi connectivity index (χ4n) is 1.94. The van der Waals surface area contributed by atoms with Crippen LogP contribution in [0.15, 0.2) is 36.4 Å². The van der Waals surface area contributed by atoms with Gasteiger partial charge in [-0.1, -0.05) is 29.3 Å². The number of halogens is 3. The summed E-state index contributed by atoms with van der Waals surface area (Å²) >= 11 is 11.8. The van der Waals surface area contributed by atoms with Crippen LogP contribution in [0.1, 0.15) is 17.3 Å². The van der Waals surface area contributed by atoms with Crippen LogP contribution in [0.4, 0.5) is 15.8 Å². The molecule has 0 heterocycles. The largest absolute Gasteiger partial charge is 0.449 e. The molecule has 0 unspecified atom stereocenters. The van der Waals surface area contributed by atoms with Gasteiger partial charge in [-0.3, -0.25) is 14.9 Å². The zero-order chi connectivity index (χ0) is 19.4. The lowest BCUT2D eigenvalue weighted by atomic mass is 10.2. The summed E-state index contributed by atoms with van der Waals surface area (Å²) in [5.41, 5.74) is -0.912. The monoisotopic (exact) mass is 400 g/mol. The van der Waals surface area contributed by atoms with Gasteiger partial charge >= 0.3 is 11.7 Å². The highest BCUT2D eigenvalue weighted by Gasteiger charge is 2.23. The van der Waals surface area contributed by atoms with Crippen LogP contribution in [0.5, 0.6) is 0 Å². The topological polar surface area (TPSA) is 98.5 Å². The Labute approximate surface area is 156 Å². The SMILES string of the molecule is C[C@H](OC(=O)c1c(Cl)cccc1Cl)C(=O)Nc1ccc(F)c([N+](=O)[O-])c1. The molecule has 1 amide bonds. The Morgan fingerprint density at radius 3 is 2.42 bits per heavy atom. The van der Waals surface area contributed by atoms with Gasteiger partial charge in [-0.15, -0.1) is 0 Å². The van der Waals surface area contributed by atoms with E-state index in [1.807, 2.05) is 0 Å². The lowest BCUT2D eigenvalue weighted by molar-refractivity contribution is -0.387. The minimum Gasteiger partial charge on any atom is -0.449 e. The standard InChI is InChI=1S/C16H11Cl2FN2O5/c1-8(26-16(23)14-10(17)3-2-4-11(14)18)15(22)20-9-5-6-12(19)13(7-9)21(24)25/h2-8H,1H3,(H,20,22)/t8-/m0/s1. The van der Waals surface area contributed by atoms with Gasteiger partial charge in [0.15, 0.2) is 6.10 Å². The van der Waals surface area contributed by atoms with E-state index in [0.717, 1.165) is 18.2 Å². The molecule has 0 fully saturated rings. The third-order valence-corrected chi connectivity index (χ3v) is 3.86. The van der Waals surface area contributed by atoms with E-state index < -0.39 is 34.4 Å². The van der Waals surface area contributed by atoms with Crippen LogP contribution in [-0.2, 0) is 9.53 Å². The number of esters is 1.